The number of imide groups is 1. The minimum atomic E-state index is -1.06. The van der Waals surface area contributed by atoms with E-state index in [0.29, 0.717) is 5.75 Å². The highest BCUT2D eigenvalue weighted by molar-refractivity contribution is 9.10. The zero-order valence-corrected chi connectivity index (χ0v) is 15.0. The number of amides is 3. The van der Waals surface area contributed by atoms with Gasteiger partial charge in [-0.15, -0.1) is 0 Å². The maximum atomic E-state index is 12.9. The molecule has 1 unspecified atom stereocenters. The molecule has 3 amide bonds. The normalized spacial score (nSPS) is 20.2. The topological polar surface area (TPSA) is 58.6 Å². The fourth-order valence-corrected chi connectivity index (χ4v) is 3.26. The van der Waals surface area contributed by atoms with E-state index in [4.69, 9.17) is 4.74 Å². The predicted octanol–water partition coefficient (Wildman–Crippen LogP) is 3.42. The second kappa shape index (κ2) is 6.28. The molecule has 1 aliphatic rings. The van der Waals surface area contributed by atoms with Gasteiger partial charge in [0.25, 0.3) is 5.91 Å². The Kier molecular flexibility index (Phi) is 4.32. The minimum Gasteiger partial charge on any atom is -0.496 e. The van der Waals surface area contributed by atoms with E-state index in [1.807, 2.05) is 42.5 Å². The first-order valence-corrected chi connectivity index (χ1v) is 8.27. The van der Waals surface area contributed by atoms with Crippen LogP contribution in [0.4, 0.5) is 4.79 Å². The highest BCUT2D eigenvalue weighted by Crippen LogP contribution is 2.31. The lowest BCUT2D eigenvalue weighted by Gasteiger charge is -2.22. The minimum absolute atomic E-state index is 0.149. The molecule has 3 rings (SSSR count). The van der Waals surface area contributed by atoms with Crippen molar-refractivity contribution in [3.05, 3.63) is 64.1 Å². The number of nitrogens with zero attached hydrogens (tertiary/aromatic N) is 1. The monoisotopic (exact) mass is 388 g/mol. The molecular weight excluding hydrogens is 372 g/mol. The van der Waals surface area contributed by atoms with Crippen LogP contribution < -0.4 is 10.1 Å². The number of carbonyl (C=O) groups is 2. The molecule has 1 heterocycles. The van der Waals surface area contributed by atoms with Crippen molar-refractivity contribution in [2.24, 2.45) is 0 Å². The Morgan fingerprint density at radius 1 is 1.17 bits per heavy atom. The zero-order chi connectivity index (χ0) is 17.3. The lowest BCUT2D eigenvalue weighted by Crippen LogP contribution is -2.40. The van der Waals surface area contributed by atoms with Crippen LogP contribution in [0, 0.1) is 0 Å². The predicted molar refractivity (Wildman–Crippen MR) is 93.6 cm³/mol. The van der Waals surface area contributed by atoms with Crippen LogP contribution in [0.15, 0.2) is 53.0 Å². The van der Waals surface area contributed by atoms with Crippen molar-refractivity contribution in [2.75, 3.05) is 7.11 Å². The Morgan fingerprint density at radius 3 is 2.54 bits per heavy atom. The summed E-state index contributed by atoms with van der Waals surface area (Å²) in [5, 5.41) is 2.80. The van der Waals surface area contributed by atoms with Gasteiger partial charge in [-0.2, -0.15) is 0 Å². The van der Waals surface area contributed by atoms with Crippen LogP contribution in [0.5, 0.6) is 5.75 Å². The first kappa shape index (κ1) is 16.5. The van der Waals surface area contributed by atoms with Gasteiger partial charge in [-0.1, -0.05) is 46.3 Å². The van der Waals surface area contributed by atoms with Crippen LogP contribution in [-0.2, 0) is 16.9 Å². The van der Waals surface area contributed by atoms with E-state index >= 15 is 0 Å². The molecule has 0 aromatic heterocycles. The largest absolute Gasteiger partial charge is 0.496 e. The van der Waals surface area contributed by atoms with Crippen molar-refractivity contribution < 1.29 is 14.3 Å². The molecule has 0 saturated carbocycles. The summed E-state index contributed by atoms with van der Waals surface area (Å²) in [6.45, 7) is 1.87. The quantitative estimate of drug-likeness (QED) is 0.816. The molecule has 0 bridgehead atoms. The van der Waals surface area contributed by atoms with Crippen molar-refractivity contribution in [2.45, 2.75) is 19.0 Å². The van der Waals surface area contributed by atoms with E-state index in [1.54, 1.807) is 20.1 Å². The summed E-state index contributed by atoms with van der Waals surface area (Å²) >= 11 is 3.40. The fraction of sp³-hybridized carbons (Fsp3) is 0.222. The summed E-state index contributed by atoms with van der Waals surface area (Å²) in [5.41, 5.74) is 0.456. The Morgan fingerprint density at radius 2 is 1.88 bits per heavy atom. The highest BCUT2D eigenvalue weighted by Gasteiger charge is 2.48. The van der Waals surface area contributed by atoms with Gasteiger partial charge in [0.1, 0.15) is 11.3 Å². The SMILES string of the molecule is COc1ccc(Br)cc1CN1C(=O)NC(C)(c2ccccc2)C1=O. The number of carbonyl (C=O) groups excluding carboxylic acids is 2. The molecule has 0 radical (unpaired) electrons. The van der Waals surface area contributed by atoms with Gasteiger partial charge < -0.3 is 10.1 Å². The van der Waals surface area contributed by atoms with Crippen LogP contribution >= 0.6 is 15.9 Å². The van der Waals surface area contributed by atoms with Crippen molar-refractivity contribution in [1.29, 1.82) is 0 Å². The lowest BCUT2D eigenvalue weighted by molar-refractivity contribution is -0.131. The molecule has 24 heavy (non-hydrogen) atoms. The van der Waals surface area contributed by atoms with E-state index in [-0.39, 0.29) is 12.5 Å². The van der Waals surface area contributed by atoms with Crippen LogP contribution in [0.25, 0.3) is 0 Å². The van der Waals surface area contributed by atoms with E-state index in [0.717, 1.165) is 15.6 Å². The molecule has 2 aromatic rings. The van der Waals surface area contributed by atoms with E-state index in [1.165, 1.54) is 4.90 Å². The zero-order valence-electron chi connectivity index (χ0n) is 13.4. The van der Waals surface area contributed by atoms with Crippen LogP contribution in [0.2, 0.25) is 0 Å². The summed E-state index contributed by atoms with van der Waals surface area (Å²) in [5.74, 6) is 0.354. The maximum Gasteiger partial charge on any atom is 0.325 e. The molecule has 1 saturated heterocycles. The molecule has 6 heteroatoms. The highest BCUT2D eigenvalue weighted by atomic mass is 79.9. The summed E-state index contributed by atoms with van der Waals surface area (Å²) in [6.07, 6.45) is 0. The number of methoxy groups -OCH3 is 1. The molecule has 1 fully saturated rings. The van der Waals surface area contributed by atoms with E-state index < -0.39 is 11.6 Å². The Balaban J connectivity index is 1.92. The van der Waals surface area contributed by atoms with Crippen molar-refractivity contribution in [3.63, 3.8) is 0 Å². The van der Waals surface area contributed by atoms with Crippen LogP contribution in [-0.4, -0.2) is 23.9 Å². The summed E-state index contributed by atoms with van der Waals surface area (Å²) in [4.78, 5) is 26.5. The summed E-state index contributed by atoms with van der Waals surface area (Å²) < 4.78 is 6.18. The first-order valence-electron chi connectivity index (χ1n) is 7.48. The Bertz CT molecular complexity index is 794. The molecule has 5 nitrogen and oxygen atoms in total. The van der Waals surface area contributed by atoms with Crippen molar-refractivity contribution >= 4 is 27.9 Å². The van der Waals surface area contributed by atoms with Gasteiger partial charge in [-0.05, 0) is 30.7 Å². The maximum absolute atomic E-state index is 12.9. The van der Waals surface area contributed by atoms with Gasteiger partial charge >= 0.3 is 6.03 Å². The number of halogens is 1. The third-order valence-electron chi connectivity index (χ3n) is 4.20. The van der Waals surface area contributed by atoms with Crippen molar-refractivity contribution in [1.82, 2.24) is 10.2 Å². The van der Waals surface area contributed by atoms with Gasteiger partial charge in [-0.3, -0.25) is 9.69 Å². The molecule has 2 aromatic carbocycles. The smallest absolute Gasteiger partial charge is 0.325 e. The third kappa shape index (κ3) is 2.78. The van der Waals surface area contributed by atoms with Crippen LogP contribution in [0.3, 0.4) is 0 Å². The number of rotatable bonds is 4. The number of nitrogens with one attached hydrogen (secondary N) is 1. The number of benzene rings is 2. The molecular formula is C18H17BrN2O3. The second-order valence-electron chi connectivity index (χ2n) is 5.77. The molecule has 0 spiro atoms. The van der Waals surface area contributed by atoms with Gasteiger partial charge in [0, 0.05) is 10.0 Å². The van der Waals surface area contributed by atoms with Gasteiger partial charge in [0.2, 0.25) is 0 Å². The molecule has 1 atom stereocenters. The lowest BCUT2D eigenvalue weighted by atomic mass is 9.92. The Labute approximate surface area is 148 Å². The fourth-order valence-electron chi connectivity index (χ4n) is 2.85. The summed E-state index contributed by atoms with van der Waals surface area (Å²) in [6, 6.07) is 14.3. The first-order chi connectivity index (χ1) is 11.5. The average molecular weight is 389 g/mol. The number of urea groups is 1. The van der Waals surface area contributed by atoms with E-state index in [9.17, 15) is 9.59 Å². The average Bonchev–Trinajstić information content (AvgIpc) is 2.80. The van der Waals surface area contributed by atoms with Gasteiger partial charge in [0.15, 0.2) is 0 Å². The standard InChI is InChI=1S/C18H17BrN2O3/c1-18(13-6-4-3-5-7-13)16(22)21(17(23)20-18)11-12-10-14(19)8-9-15(12)24-2/h3-10H,11H2,1-2H3,(H,20,23). The third-order valence-corrected chi connectivity index (χ3v) is 4.69. The molecule has 0 aliphatic carbocycles. The second-order valence-corrected chi connectivity index (χ2v) is 6.68. The van der Waals surface area contributed by atoms with Gasteiger partial charge in [-0.25, -0.2) is 4.79 Å². The van der Waals surface area contributed by atoms with Crippen LogP contribution in [0.1, 0.15) is 18.1 Å². The number of hydrogen-bond donors (Lipinski definition) is 1. The molecule has 1 aliphatic heterocycles. The number of ether oxygens (including phenoxy) is 1. The molecule has 124 valence electrons. The summed E-state index contributed by atoms with van der Waals surface area (Å²) in [7, 11) is 1.56. The number of hydrogen-bond acceptors (Lipinski definition) is 3. The van der Waals surface area contributed by atoms with Crippen molar-refractivity contribution in [3.8, 4) is 5.75 Å². The Hall–Kier alpha value is -2.34. The molecule has 1 N–H and O–H groups in total. The van der Waals surface area contributed by atoms with Gasteiger partial charge in [0.05, 0.1) is 13.7 Å². The van der Waals surface area contributed by atoms with E-state index in [2.05, 4.69) is 21.2 Å².